The van der Waals surface area contributed by atoms with Gasteiger partial charge in [0.15, 0.2) is 5.65 Å². The fourth-order valence-electron chi connectivity index (χ4n) is 1.79. The van der Waals surface area contributed by atoms with E-state index in [1.807, 2.05) is 12.1 Å². The van der Waals surface area contributed by atoms with Gasteiger partial charge in [-0.05, 0) is 41.9 Å². The standard InChI is InChI=1S/C11H16BrN5O2S/c1-11(2,16-20(3,18)19)7-13-10-14-9-8(12)5-4-6-17(9)15-10/h4-6,16H,7H2,1-3H3,(H,13,15). The van der Waals surface area contributed by atoms with Crippen molar-refractivity contribution >= 4 is 37.5 Å². The lowest BCUT2D eigenvalue weighted by atomic mass is 10.1. The highest BCUT2D eigenvalue weighted by Gasteiger charge is 2.22. The van der Waals surface area contributed by atoms with Crippen LogP contribution in [0, 0.1) is 0 Å². The molecule has 9 heteroatoms. The molecule has 2 rings (SSSR count). The summed E-state index contributed by atoms with van der Waals surface area (Å²) in [5.41, 5.74) is 0.0614. The summed E-state index contributed by atoms with van der Waals surface area (Å²) < 4.78 is 27.6. The van der Waals surface area contributed by atoms with E-state index in [1.54, 1.807) is 24.6 Å². The smallest absolute Gasteiger partial charge is 0.243 e. The summed E-state index contributed by atoms with van der Waals surface area (Å²) in [7, 11) is -3.26. The number of nitrogens with zero attached hydrogens (tertiary/aromatic N) is 3. The first-order valence-electron chi connectivity index (χ1n) is 5.90. The van der Waals surface area contributed by atoms with Crippen molar-refractivity contribution in [1.29, 1.82) is 0 Å². The lowest BCUT2D eigenvalue weighted by Gasteiger charge is -2.24. The number of pyridine rings is 1. The molecule has 0 aliphatic heterocycles. The fraction of sp³-hybridized carbons (Fsp3) is 0.455. The summed E-state index contributed by atoms with van der Waals surface area (Å²) in [6, 6.07) is 3.73. The molecule has 110 valence electrons. The van der Waals surface area contributed by atoms with Crippen LogP contribution in [0.4, 0.5) is 5.95 Å². The van der Waals surface area contributed by atoms with Crippen LogP contribution in [0.5, 0.6) is 0 Å². The van der Waals surface area contributed by atoms with Crippen molar-refractivity contribution in [1.82, 2.24) is 19.3 Å². The molecule has 0 saturated heterocycles. The molecule has 0 saturated carbocycles. The van der Waals surface area contributed by atoms with Crippen LogP contribution >= 0.6 is 15.9 Å². The van der Waals surface area contributed by atoms with Crippen molar-refractivity contribution in [3.05, 3.63) is 22.8 Å². The van der Waals surface area contributed by atoms with Gasteiger partial charge in [-0.1, -0.05) is 0 Å². The van der Waals surface area contributed by atoms with E-state index in [1.165, 1.54) is 0 Å². The maximum atomic E-state index is 11.3. The van der Waals surface area contributed by atoms with Gasteiger partial charge in [-0.2, -0.15) is 4.98 Å². The molecule has 0 aliphatic carbocycles. The van der Waals surface area contributed by atoms with Crippen LogP contribution in [-0.2, 0) is 10.0 Å². The quantitative estimate of drug-likeness (QED) is 0.835. The predicted octanol–water partition coefficient (Wildman–Crippen LogP) is 1.23. The summed E-state index contributed by atoms with van der Waals surface area (Å²) in [6.07, 6.45) is 2.92. The Hall–Kier alpha value is -1.19. The summed E-state index contributed by atoms with van der Waals surface area (Å²) in [5.74, 6) is 0.445. The molecule has 0 fully saturated rings. The SMILES string of the molecule is CC(C)(CNc1nc2c(Br)cccn2n1)NS(C)(=O)=O. The van der Waals surface area contributed by atoms with Crippen LogP contribution in [0.2, 0.25) is 0 Å². The lowest BCUT2D eigenvalue weighted by Crippen LogP contribution is -2.47. The average Bonchev–Trinajstić information content (AvgIpc) is 2.68. The first-order valence-corrected chi connectivity index (χ1v) is 8.58. The number of hydrogen-bond donors (Lipinski definition) is 2. The zero-order chi connectivity index (χ0) is 15.0. The minimum atomic E-state index is -3.26. The number of sulfonamides is 1. The third-order valence-corrected chi connectivity index (χ3v) is 4.01. The summed E-state index contributed by atoms with van der Waals surface area (Å²) in [5, 5.41) is 7.29. The van der Waals surface area contributed by atoms with E-state index < -0.39 is 15.6 Å². The zero-order valence-corrected chi connectivity index (χ0v) is 13.8. The topological polar surface area (TPSA) is 88.4 Å². The number of anilines is 1. The molecule has 0 atom stereocenters. The monoisotopic (exact) mass is 361 g/mol. The molecule has 2 aromatic rings. The van der Waals surface area contributed by atoms with Gasteiger partial charge in [0.2, 0.25) is 16.0 Å². The van der Waals surface area contributed by atoms with Crippen molar-refractivity contribution in [3.63, 3.8) is 0 Å². The Morgan fingerprint density at radius 1 is 1.45 bits per heavy atom. The Balaban J connectivity index is 2.11. The normalized spacial score (nSPS) is 12.8. The van der Waals surface area contributed by atoms with E-state index in [2.05, 4.69) is 36.1 Å². The number of nitrogens with one attached hydrogen (secondary N) is 2. The molecule has 7 nitrogen and oxygen atoms in total. The molecular formula is C11H16BrN5O2S. The fourth-order valence-corrected chi connectivity index (χ4v) is 3.29. The van der Waals surface area contributed by atoms with E-state index in [0.29, 0.717) is 18.1 Å². The second kappa shape index (κ2) is 5.30. The Kier molecular flexibility index (Phi) is 4.03. The molecule has 0 radical (unpaired) electrons. The minimum absolute atomic E-state index is 0.370. The number of rotatable bonds is 5. The highest BCUT2D eigenvalue weighted by molar-refractivity contribution is 9.10. The van der Waals surface area contributed by atoms with E-state index in [9.17, 15) is 8.42 Å². The maximum Gasteiger partial charge on any atom is 0.243 e. The van der Waals surface area contributed by atoms with Crippen molar-refractivity contribution in [3.8, 4) is 0 Å². The van der Waals surface area contributed by atoms with Crippen LogP contribution in [0.3, 0.4) is 0 Å². The molecule has 0 unspecified atom stereocenters. The average molecular weight is 362 g/mol. The molecule has 0 aliphatic rings. The van der Waals surface area contributed by atoms with Gasteiger partial charge < -0.3 is 5.32 Å². The first kappa shape index (κ1) is 15.2. The molecule has 0 aromatic carbocycles. The number of fused-ring (bicyclic) bond motifs is 1. The largest absolute Gasteiger partial charge is 0.351 e. The van der Waals surface area contributed by atoms with Gasteiger partial charge in [-0.15, -0.1) is 5.10 Å². The molecule has 0 bridgehead atoms. The summed E-state index contributed by atoms with van der Waals surface area (Å²) in [6.45, 7) is 3.94. The van der Waals surface area contributed by atoms with Crippen LogP contribution in [0.15, 0.2) is 22.8 Å². The van der Waals surface area contributed by atoms with Gasteiger partial charge >= 0.3 is 0 Å². The minimum Gasteiger partial charge on any atom is -0.351 e. The third kappa shape index (κ3) is 3.90. The third-order valence-electron chi connectivity index (χ3n) is 2.46. The van der Waals surface area contributed by atoms with Crippen LogP contribution in [0.1, 0.15) is 13.8 Å². The number of aromatic nitrogens is 3. The molecule has 0 spiro atoms. The molecule has 2 heterocycles. The molecule has 2 aromatic heterocycles. The Labute approximate surface area is 126 Å². The number of halogens is 1. The van der Waals surface area contributed by atoms with Crippen molar-refractivity contribution in [2.75, 3.05) is 18.1 Å². The Morgan fingerprint density at radius 2 is 2.15 bits per heavy atom. The maximum absolute atomic E-state index is 11.3. The van der Waals surface area contributed by atoms with Gasteiger partial charge in [0.25, 0.3) is 0 Å². The second-order valence-electron chi connectivity index (χ2n) is 5.17. The van der Waals surface area contributed by atoms with Crippen LogP contribution in [0.25, 0.3) is 5.65 Å². The molecule has 20 heavy (non-hydrogen) atoms. The van der Waals surface area contributed by atoms with Crippen molar-refractivity contribution in [2.45, 2.75) is 19.4 Å². The van der Waals surface area contributed by atoms with Gasteiger partial charge in [-0.3, -0.25) is 0 Å². The van der Waals surface area contributed by atoms with E-state index in [-0.39, 0.29) is 0 Å². The van der Waals surface area contributed by atoms with E-state index in [4.69, 9.17) is 0 Å². The zero-order valence-electron chi connectivity index (χ0n) is 11.4. The van der Waals surface area contributed by atoms with Gasteiger partial charge in [0, 0.05) is 18.3 Å². The van der Waals surface area contributed by atoms with Crippen molar-refractivity contribution in [2.24, 2.45) is 0 Å². The Bertz CT molecular complexity index is 725. The molecule has 2 N–H and O–H groups in total. The molecular weight excluding hydrogens is 346 g/mol. The van der Waals surface area contributed by atoms with E-state index >= 15 is 0 Å². The van der Waals surface area contributed by atoms with Gasteiger partial charge in [0.1, 0.15) is 0 Å². The Morgan fingerprint density at radius 3 is 2.75 bits per heavy atom. The highest BCUT2D eigenvalue weighted by atomic mass is 79.9. The van der Waals surface area contributed by atoms with E-state index in [0.717, 1.165) is 10.7 Å². The highest BCUT2D eigenvalue weighted by Crippen LogP contribution is 2.17. The van der Waals surface area contributed by atoms with Gasteiger partial charge in [-0.25, -0.2) is 17.7 Å². The van der Waals surface area contributed by atoms with Crippen LogP contribution < -0.4 is 10.0 Å². The van der Waals surface area contributed by atoms with Crippen molar-refractivity contribution < 1.29 is 8.42 Å². The van der Waals surface area contributed by atoms with Crippen LogP contribution in [-0.4, -0.2) is 41.4 Å². The lowest BCUT2D eigenvalue weighted by molar-refractivity contribution is 0.475. The summed E-state index contributed by atoms with van der Waals surface area (Å²) in [4.78, 5) is 4.33. The summed E-state index contributed by atoms with van der Waals surface area (Å²) >= 11 is 3.40. The number of hydrogen-bond acceptors (Lipinski definition) is 5. The first-order chi connectivity index (χ1) is 9.16. The second-order valence-corrected chi connectivity index (χ2v) is 7.77. The predicted molar refractivity (Wildman–Crippen MR) is 81.2 cm³/mol. The van der Waals surface area contributed by atoms with Gasteiger partial charge in [0.05, 0.1) is 10.7 Å². The molecule has 0 amide bonds.